The van der Waals surface area contributed by atoms with Gasteiger partial charge in [0, 0.05) is 19.0 Å². The van der Waals surface area contributed by atoms with Gasteiger partial charge in [-0.25, -0.2) is 14.8 Å². The van der Waals surface area contributed by atoms with E-state index in [0.29, 0.717) is 36.3 Å². The Kier molecular flexibility index (Phi) is 3.51. The van der Waals surface area contributed by atoms with E-state index in [4.69, 9.17) is 16.3 Å². The van der Waals surface area contributed by atoms with Crippen LogP contribution < -0.4 is 0 Å². The summed E-state index contributed by atoms with van der Waals surface area (Å²) < 4.78 is 21.1. The molecule has 1 saturated carbocycles. The Morgan fingerprint density at radius 3 is 2.60 bits per heavy atom. The quantitative estimate of drug-likeness (QED) is 0.776. The summed E-state index contributed by atoms with van der Waals surface area (Å²) in [5.74, 6) is 0.871. The van der Waals surface area contributed by atoms with Gasteiger partial charge in [0.15, 0.2) is 5.15 Å². The Labute approximate surface area is 149 Å². The molecule has 1 aliphatic carbocycles. The Morgan fingerprint density at radius 2 is 2.00 bits per heavy atom. The average Bonchev–Trinajstić information content (AvgIpc) is 2.86. The largest absolute Gasteiger partial charge is 0.444 e. The number of aryl methyl sites for hydroxylation is 1. The Hall–Kier alpha value is -1.89. The number of halogens is 2. The first kappa shape index (κ1) is 16.6. The molecule has 1 amide bonds. The number of rotatable bonds is 1. The second-order valence-corrected chi connectivity index (χ2v) is 8.20. The van der Waals surface area contributed by atoms with Gasteiger partial charge in [-0.2, -0.15) is 4.39 Å². The predicted octanol–water partition coefficient (Wildman–Crippen LogP) is 3.41. The van der Waals surface area contributed by atoms with Gasteiger partial charge < -0.3 is 9.64 Å². The predicted molar refractivity (Wildman–Crippen MR) is 90.2 cm³/mol. The maximum absolute atomic E-state index is 14.2. The maximum Gasteiger partial charge on any atom is 0.410 e. The second-order valence-electron chi connectivity index (χ2n) is 7.84. The highest BCUT2D eigenvalue weighted by Crippen LogP contribution is 2.58. The van der Waals surface area contributed by atoms with Crippen molar-refractivity contribution in [1.29, 1.82) is 0 Å². The molecule has 4 rings (SSSR count). The van der Waals surface area contributed by atoms with Crippen molar-refractivity contribution in [3.8, 4) is 0 Å². The van der Waals surface area contributed by atoms with E-state index in [0.717, 1.165) is 5.69 Å². The molecule has 0 spiro atoms. The van der Waals surface area contributed by atoms with Crippen LogP contribution in [-0.4, -0.2) is 44.1 Å². The third-order valence-corrected chi connectivity index (χ3v) is 5.19. The summed E-state index contributed by atoms with van der Waals surface area (Å²) in [6, 6.07) is 0. The van der Waals surface area contributed by atoms with Gasteiger partial charge in [-0.15, -0.1) is 0 Å². The minimum Gasteiger partial charge on any atom is -0.444 e. The number of imidazole rings is 1. The molecule has 2 fully saturated rings. The van der Waals surface area contributed by atoms with E-state index in [1.807, 2.05) is 20.8 Å². The highest BCUT2D eigenvalue weighted by Gasteiger charge is 2.59. The number of nitrogens with zero attached hydrogens (tertiary/aromatic N) is 4. The number of carbonyl (C=O) groups excluding carboxylic acids is 1. The summed E-state index contributed by atoms with van der Waals surface area (Å²) in [7, 11) is 0. The molecule has 2 aromatic rings. The first-order valence-electron chi connectivity index (χ1n) is 8.34. The van der Waals surface area contributed by atoms with Crippen LogP contribution in [0.5, 0.6) is 0 Å². The number of carbonyl (C=O) groups is 1. The zero-order chi connectivity index (χ0) is 18.1. The van der Waals surface area contributed by atoms with Crippen LogP contribution in [0.4, 0.5) is 9.18 Å². The molecule has 0 radical (unpaired) electrons. The van der Waals surface area contributed by atoms with E-state index in [1.165, 1.54) is 4.40 Å². The van der Waals surface area contributed by atoms with Gasteiger partial charge in [-0.05, 0) is 39.5 Å². The van der Waals surface area contributed by atoms with Crippen LogP contribution in [0, 0.1) is 24.7 Å². The molecule has 0 aromatic carbocycles. The third kappa shape index (κ3) is 2.65. The molecule has 1 aliphatic heterocycles. The van der Waals surface area contributed by atoms with Crippen molar-refractivity contribution in [3.05, 3.63) is 28.8 Å². The molecule has 0 bridgehead atoms. The van der Waals surface area contributed by atoms with E-state index >= 15 is 0 Å². The van der Waals surface area contributed by atoms with Gasteiger partial charge in [-0.3, -0.25) is 4.40 Å². The Morgan fingerprint density at radius 1 is 1.36 bits per heavy atom. The zero-order valence-corrected chi connectivity index (χ0v) is 15.3. The van der Waals surface area contributed by atoms with Crippen molar-refractivity contribution in [2.45, 2.75) is 39.2 Å². The van der Waals surface area contributed by atoms with Crippen molar-refractivity contribution in [2.24, 2.45) is 11.8 Å². The smallest absolute Gasteiger partial charge is 0.410 e. The van der Waals surface area contributed by atoms with Crippen molar-refractivity contribution in [3.63, 3.8) is 0 Å². The van der Waals surface area contributed by atoms with Crippen molar-refractivity contribution < 1.29 is 13.9 Å². The van der Waals surface area contributed by atoms with E-state index in [9.17, 15) is 9.18 Å². The van der Waals surface area contributed by atoms with Crippen LogP contribution in [0.3, 0.4) is 0 Å². The lowest BCUT2D eigenvalue weighted by Gasteiger charge is -2.25. The number of hydrogen-bond donors (Lipinski definition) is 0. The number of hydrogen-bond acceptors (Lipinski definition) is 4. The van der Waals surface area contributed by atoms with E-state index < -0.39 is 11.5 Å². The zero-order valence-electron chi connectivity index (χ0n) is 14.6. The average molecular weight is 367 g/mol. The van der Waals surface area contributed by atoms with Gasteiger partial charge >= 0.3 is 6.09 Å². The molecule has 2 aliphatic rings. The summed E-state index contributed by atoms with van der Waals surface area (Å²) in [5.41, 5.74) is 1.00. The van der Waals surface area contributed by atoms with E-state index in [1.54, 1.807) is 18.0 Å². The minimum atomic E-state index is -0.586. The Bertz CT molecular complexity index is 864. The monoisotopic (exact) mass is 366 g/mol. The van der Waals surface area contributed by atoms with Crippen molar-refractivity contribution >= 4 is 23.2 Å². The molecular weight excluding hydrogens is 347 g/mol. The molecular formula is C17H20ClFN4O2. The number of piperidine rings is 1. The third-order valence-electron chi connectivity index (χ3n) is 4.94. The Balaban J connectivity index is 1.54. The van der Waals surface area contributed by atoms with Gasteiger partial charge in [0.05, 0.1) is 17.4 Å². The molecule has 8 heteroatoms. The number of aromatic nitrogens is 3. The fourth-order valence-corrected chi connectivity index (χ4v) is 3.99. The van der Waals surface area contributed by atoms with Crippen LogP contribution in [0.25, 0.3) is 5.52 Å². The summed E-state index contributed by atoms with van der Waals surface area (Å²) >= 11 is 5.77. The first-order valence-corrected chi connectivity index (χ1v) is 8.72. The van der Waals surface area contributed by atoms with Crippen molar-refractivity contribution in [1.82, 2.24) is 19.3 Å². The molecule has 134 valence electrons. The maximum atomic E-state index is 14.2. The lowest BCUT2D eigenvalue weighted by molar-refractivity contribution is 0.0271. The number of fused-ring (bicyclic) bond motifs is 2. The van der Waals surface area contributed by atoms with Gasteiger partial charge in [0.25, 0.3) is 0 Å². The molecule has 2 aromatic heterocycles. The van der Waals surface area contributed by atoms with Gasteiger partial charge in [0.1, 0.15) is 11.4 Å². The molecule has 2 atom stereocenters. The molecule has 6 nitrogen and oxygen atoms in total. The fraction of sp³-hybridized carbons (Fsp3) is 0.588. The number of amides is 1. The summed E-state index contributed by atoms with van der Waals surface area (Å²) in [6.45, 7) is 8.62. The van der Waals surface area contributed by atoms with Crippen LogP contribution in [-0.2, 0) is 4.74 Å². The second kappa shape index (κ2) is 5.30. The van der Waals surface area contributed by atoms with E-state index in [2.05, 4.69) is 9.97 Å². The van der Waals surface area contributed by atoms with E-state index in [-0.39, 0.29) is 17.2 Å². The molecule has 25 heavy (non-hydrogen) atoms. The van der Waals surface area contributed by atoms with Crippen LogP contribution in [0.1, 0.15) is 38.2 Å². The summed E-state index contributed by atoms with van der Waals surface area (Å²) in [4.78, 5) is 22.4. The minimum absolute atomic E-state index is 0.161. The van der Waals surface area contributed by atoms with Crippen LogP contribution in [0.15, 0.2) is 6.20 Å². The lowest BCUT2D eigenvalue weighted by atomic mass is 10.2. The summed E-state index contributed by atoms with van der Waals surface area (Å²) in [5, 5.41) is -0.161. The highest BCUT2D eigenvalue weighted by atomic mass is 35.5. The van der Waals surface area contributed by atoms with Gasteiger partial charge in [0.2, 0.25) is 5.95 Å². The fourth-order valence-electron chi connectivity index (χ4n) is 3.86. The molecule has 1 saturated heterocycles. The van der Waals surface area contributed by atoms with Crippen LogP contribution in [0.2, 0.25) is 5.15 Å². The number of ether oxygens (including phenoxy) is 1. The van der Waals surface area contributed by atoms with Gasteiger partial charge in [-0.1, -0.05) is 11.6 Å². The normalized spacial score (nSPS) is 25.4. The first-order chi connectivity index (χ1) is 11.7. The van der Waals surface area contributed by atoms with Crippen molar-refractivity contribution in [2.75, 3.05) is 13.1 Å². The molecule has 3 heterocycles. The molecule has 0 N–H and O–H groups in total. The van der Waals surface area contributed by atoms with Crippen LogP contribution >= 0.6 is 11.6 Å². The SMILES string of the molecule is Cc1nc(C2C3CN(C(=O)OC(C)(C)C)CC32)c2cnc(Cl)c(F)n12. The summed E-state index contributed by atoms with van der Waals surface area (Å²) in [6.07, 6.45) is 1.30. The molecule has 2 unspecified atom stereocenters. The highest BCUT2D eigenvalue weighted by molar-refractivity contribution is 6.29. The number of likely N-dealkylation sites (tertiary alicyclic amines) is 1. The standard InChI is InChI=1S/C17H20ClFN4O2/c1-8-21-13(11-5-20-14(18)15(19)23(8)11)12-9-6-22(7-10(9)12)16(24)25-17(2,3)4/h5,9-10,12H,6-7H2,1-4H3. The topological polar surface area (TPSA) is 59.7 Å². The lowest BCUT2D eigenvalue weighted by Crippen LogP contribution is -2.36.